The number of hydrogen-bond donors (Lipinski definition) is 0. The summed E-state index contributed by atoms with van der Waals surface area (Å²) in [6.45, 7) is 0.793. The molecule has 0 bridgehead atoms. The smallest absolute Gasteiger partial charge is 0.343 e. The molecule has 1 aliphatic carbocycles. The van der Waals surface area contributed by atoms with Crippen LogP contribution in [0.25, 0.3) is 0 Å². The van der Waals surface area contributed by atoms with E-state index in [9.17, 15) is 22.4 Å². The average molecular weight is 464 g/mol. The van der Waals surface area contributed by atoms with E-state index in [0.717, 1.165) is 43.7 Å². The molecule has 7 heteroatoms. The Bertz CT molecular complexity index is 964. The van der Waals surface area contributed by atoms with E-state index in [-0.39, 0.29) is 17.9 Å². The van der Waals surface area contributed by atoms with Gasteiger partial charge in [0.15, 0.2) is 11.5 Å². The molecule has 1 saturated carbocycles. The molecule has 3 rings (SSSR count). The van der Waals surface area contributed by atoms with E-state index >= 15 is 0 Å². The molecule has 1 aliphatic rings. The van der Waals surface area contributed by atoms with Crippen molar-refractivity contribution in [3.63, 3.8) is 0 Å². The minimum Gasteiger partial charge on any atom is -0.491 e. The average Bonchev–Trinajstić information content (AvgIpc) is 2.84. The Labute approximate surface area is 191 Å². The Kier molecular flexibility index (Phi) is 8.92. The maximum absolute atomic E-state index is 14.2. The van der Waals surface area contributed by atoms with Crippen LogP contribution in [0.4, 0.5) is 17.6 Å². The highest BCUT2D eigenvalue weighted by atomic mass is 19.2. The van der Waals surface area contributed by atoms with Gasteiger partial charge in [-0.2, -0.15) is 8.78 Å². The number of carbonyl (C=O) groups is 1. The molecule has 0 saturated heterocycles. The number of ether oxygens (including phenoxy) is 2. The molecular weight excluding hydrogens is 436 g/mol. The molecule has 3 nitrogen and oxygen atoms in total. The fourth-order valence-corrected chi connectivity index (χ4v) is 4.22. The lowest BCUT2D eigenvalue weighted by Crippen LogP contribution is -2.14. The molecule has 0 N–H and O–H groups in total. The van der Waals surface area contributed by atoms with Crippen molar-refractivity contribution in [3.05, 3.63) is 71.1 Å². The van der Waals surface area contributed by atoms with E-state index in [0.29, 0.717) is 18.3 Å². The van der Waals surface area contributed by atoms with E-state index in [1.807, 2.05) is 12.1 Å². The third kappa shape index (κ3) is 6.59. The summed E-state index contributed by atoms with van der Waals surface area (Å²) in [6.07, 6.45) is 6.75. The first kappa shape index (κ1) is 24.8. The van der Waals surface area contributed by atoms with Gasteiger partial charge >= 0.3 is 5.97 Å². The van der Waals surface area contributed by atoms with Crippen LogP contribution in [0.3, 0.4) is 0 Å². The van der Waals surface area contributed by atoms with Crippen LogP contribution in [0.5, 0.6) is 11.5 Å². The van der Waals surface area contributed by atoms with Crippen molar-refractivity contribution in [1.29, 1.82) is 0 Å². The molecule has 0 aromatic heterocycles. The molecule has 0 heterocycles. The summed E-state index contributed by atoms with van der Waals surface area (Å²) in [5.41, 5.74) is 1.34. The molecule has 2 aromatic rings. The maximum atomic E-state index is 14.2. The van der Waals surface area contributed by atoms with Crippen LogP contribution < -0.4 is 9.47 Å². The van der Waals surface area contributed by atoms with Crippen molar-refractivity contribution in [2.45, 2.75) is 51.4 Å². The molecule has 33 heavy (non-hydrogen) atoms. The van der Waals surface area contributed by atoms with Gasteiger partial charge in [0.05, 0.1) is 12.2 Å². The Balaban J connectivity index is 1.54. The summed E-state index contributed by atoms with van der Waals surface area (Å²) in [6, 6.07) is 9.34. The van der Waals surface area contributed by atoms with Crippen molar-refractivity contribution in [3.8, 4) is 11.5 Å². The highest BCUT2D eigenvalue weighted by molar-refractivity contribution is 5.91. The van der Waals surface area contributed by atoms with Crippen molar-refractivity contribution >= 4 is 5.97 Å². The molecule has 0 spiro atoms. The van der Waals surface area contributed by atoms with Gasteiger partial charge in [-0.25, -0.2) is 13.6 Å². The molecule has 0 aliphatic heterocycles. The van der Waals surface area contributed by atoms with Crippen LogP contribution in [0, 0.1) is 17.6 Å². The van der Waals surface area contributed by atoms with Gasteiger partial charge in [0.1, 0.15) is 12.5 Å². The summed E-state index contributed by atoms with van der Waals surface area (Å²) >= 11 is 0. The summed E-state index contributed by atoms with van der Waals surface area (Å²) in [5.74, 6) is -3.81. The Morgan fingerprint density at radius 3 is 2.27 bits per heavy atom. The van der Waals surface area contributed by atoms with Crippen molar-refractivity contribution < 1.29 is 31.8 Å². The van der Waals surface area contributed by atoms with Gasteiger partial charge in [-0.3, -0.25) is 0 Å². The van der Waals surface area contributed by atoms with Gasteiger partial charge in [-0.05, 0) is 87.1 Å². The minimum absolute atomic E-state index is 0.182. The summed E-state index contributed by atoms with van der Waals surface area (Å²) in [7, 11) is 0. The van der Waals surface area contributed by atoms with E-state index in [2.05, 4.69) is 0 Å². The molecule has 0 radical (unpaired) electrons. The first-order chi connectivity index (χ1) is 15.9. The molecule has 2 aromatic carbocycles. The number of carbonyl (C=O) groups excluding carboxylic acids is 1. The number of hydrogen-bond acceptors (Lipinski definition) is 3. The summed E-state index contributed by atoms with van der Waals surface area (Å²) in [5, 5.41) is 0. The second kappa shape index (κ2) is 11.9. The third-order valence-corrected chi connectivity index (χ3v) is 6.05. The number of benzene rings is 2. The van der Waals surface area contributed by atoms with Gasteiger partial charge in [-0.1, -0.05) is 18.2 Å². The zero-order chi connectivity index (χ0) is 23.8. The van der Waals surface area contributed by atoms with Gasteiger partial charge in [0.2, 0.25) is 11.6 Å². The summed E-state index contributed by atoms with van der Waals surface area (Å²) < 4.78 is 63.2. The van der Waals surface area contributed by atoms with E-state index in [4.69, 9.17) is 9.47 Å². The van der Waals surface area contributed by atoms with E-state index < -0.39 is 35.9 Å². The second-order valence-electron chi connectivity index (χ2n) is 8.21. The Hall–Kier alpha value is -2.83. The highest BCUT2D eigenvalue weighted by Crippen LogP contribution is 2.37. The molecule has 0 amide bonds. The highest BCUT2D eigenvalue weighted by Gasteiger charge is 2.23. The van der Waals surface area contributed by atoms with Crippen molar-refractivity contribution in [2.75, 3.05) is 13.3 Å². The molecule has 0 atom stereocenters. The maximum Gasteiger partial charge on any atom is 0.343 e. The number of alkyl halides is 1. The fourth-order valence-electron chi connectivity index (χ4n) is 4.22. The standard InChI is InChI=1S/C26H28F4O3/c1-2-32-22-14-15-23(25(30)24(22)29)33-26(31)20-12-10-19(11-13-20)18-8-6-17(7-9-18)4-3-5-21(28)16-27/h5,10-15,17-18H,2-4,6-9,16H2,1H3. The Morgan fingerprint density at radius 2 is 1.64 bits per heavy atom. The molecule has 1 fully saturated rings. The Morgan fingerprint density at radius 1 is 1.00 bits per heavy atom. The molecule has 178 valence electrons. The van der Waals surface area contributed by atoms with Gasteiger partial charge in [0.25, 0.3) is 0 Å². The zero-order valence-electron chi connectivity index (χ0n) is 18.6. The SMILES string of the molecule is CCOc1ccc(OC(=O)c2ccc(C3CCC(CCC=C(F)CF)CC3)cc2)c(F)c1F. The minimum atomic E-state index is -1.27. The van der Waals surface area contributed by atoms with Crippen LogP contribution in [0.1, 0.15) is 67.3 Å². The number of allylic oxidation sites excluding steroid dienone is 2. The summed E-state index contributed by atoms with van der Waals surface area (Å²) in [4.78, 5) is 12.4. The second-order valence-corrected chi connectivity index (χ2v) is 8.21. The fraction of sp³-hybridized carbons (Fsp3) is 0.423. The van der Waals surface area contributed by atoms with Crippen LogP contribution >= 0.6 is 0 Å². The largest absolute Gasteiger partial charge is 0.491 e. The van der Waals surface area contributed by atoms with E-state index in [1.165, 1.54) is 12.1 Å². The monoisotopic (exact) mass is 464 g/mol. The van der Waals surface area contributed by atoms with Crippen LogP contribution in [-0.4, -0.2) is 19.3 Å². The normalized spacial score (nSPS) is 18.8. The number of halogens is 4. The first-order valence-corrected chi connectivity index (χ1v) is 11.3. The quantitative estimate of drug-likeness (QED) is 0.220. The zero-order valence-corrected chi connectivity index (χ0v) is 18.6. The first-order valence-electron chi connectivity index (χ1n) is 11.3. The lowest BCUT2D eigenvalue weighted by molar-refractivity contribution is 0.0726. The third-order valence-electron chi connectivity index (χ3n) is 6.05. The van der Waals surface area contributed by atoms with Crippen molar-refractivity contribution in [1.82, 2.24) is 0 Å². The lowest BCUT2D eigenvalue weighted by atomic mass is 9.77. The predicted octanol–water partition coefficient (Wildman–Crippen LogP) is 7.46. The van der Waals surface area contributed by atoms with Gasteiger partial charge in [-0.15, -0.1) is 0 Å². The molecule has 0 unspecified atom stereocenters. The van der Waals surface area contributed by atoms with Crippen LogP contribution in [-0.2, 0) is 0 Å². The van der Waals surface area contributed by atoms with E-state index in [1.54, 1.807) is 19.1 Å². The van der Waals surface area contributed by atoms with Crippen LogP contribution in [0.2, 0.25) is 0 Å². The number of rotatable bonds is 9. The number of esters is 1. The predicted molar refractivity (Wildman–Crippen MR) is 118 cm³/mol. The van der Waals surface area contributed by atoms with Gasteiger partial charge < -0.3 is 9.47 Å². The molecular formula is C26H28F4O3. The topological polar surface area (TPSA) is 35.5 Å². The lowest BCUT2D eigenvalue weighted by Gasteiger charge is -2.28. The van der Waals surface area contributed by atoms with Crippen LogP contribution in [0.15, 0.2) is 48.3 Å². The van der Waals surface area contributed by atoms with Crippen molar-refractivity contribution in [2.24, 2.45) is 5.92 Å². The van der Waals surface area contributed by atoms with Gasteiger partial charge in [0, 0.05) is 0 Å².